The molecule has 1 radical (unpaired) electrons. The van der Waals surface area contributed by atoms with Crippen LogP contribution in [0.4, 0.5) is 0 Å². The summed E-state index contributed by atoms with van der Waals surface area (Å²) in [7, 11) is 3.86. The minimum Gasteiger partial charge on any atom is -0.317 e. The number of rotatable bonds is 6. The van der Waals surface area contributed by atoms with Gasteiger partial charge in [0, 0.05) is 7.05 Å². The van der Waals surface area contributed by atoms with Crippen LogP contribution in [-0.2, 0) is 0 Å². The van der Waals surface area contributed by atoms with Crippen LogP contribution < -0.4 is 5.32 Å². The summed E-state index contributed by atoms with van der Waals surface area (Å²) in [5, 5.41) is 3.27. The van der Waals surface area contributed by atoms with Crippen molar-refractivity contribution < 1.29 is 0 Å². The summed E-state index contributed by atoms with van der Waals surface area (Å²) in [5.41, 5.74) is 0. The zero-order valence-corrected chi connectivity index (χ0v) is 7.19. The Morgan fingerprint density at radius 1 is 1.40 bits per heavy atom. The van der Waals surface area contributed by atoms with Crippen LogP contribution in [0.1, 0.15) is 20.3 Å². The van der Waals surface area contributed by atoms with Crippen LogP contribution in [0.15, 0.2) is 0 Å². The van der Waals surface area contributed by atoms with Crippen LogP contribution in [0.3, 0.4) is 0 Å². The van der Waals surface area contributed by atoms with Gasteiger partial charge in [0.1, 0.15) is 0 Å². The molecular weight excluding hydrogens is 124 g/mol. The van der Waals surface area contributed by atoms with Gasteiger partial charge in [-0.2, -0.15) is 0 Å². The summed E-state index contributed by atoms with van der Waals surface area (Å²) in [6.07, 6.45) is 1.20. The Kier molecular flexibility index (Phi) is 6.98. The largest absolute Gasteiger partial charge is 0.317 e. The molecule has 0 aromatic carbocycles. The molecule has 2 nitrogen and oxygen atoms in total. The fourth-order valence-corrected chi connectivity index (χ4v) is 0.763. The summed E-state index contributed by atoms with van der Waals surface area (Å²) in [5.74, 6) is 0. The second-order valence-corrected chi connectivity index (χ2v) is 2.42. The Bertz CT molecular complexity index is 64.3. The fourth-order valence-electron chi connectivity index (χ4n) is 0.763. The standard InChI is InChI=1S/C8H19N2/c1-4-9-7-6-8-10(3)5-2/h9H,3-8H2,1-2H3. The summed E-state index contributed by atoms with van der Waals surface area (Å²) < 4.78 is 0. The first-order chi connectivity index (χ1) is 4.81. The molecule has 0 aliphatic rings. The monoisotopic (exact) mass is 143 g/mol. The summed E-state index contributed by atoms with van der Waals surface area (Å²) in [6, 6.07) is 0. The quantitative estimate of drug-likeness (QED) is 0.560. The van der Waals surface area contributed by atoms with Crippen molar-refractivity contribution in [2.75, 3.05) is 26.2 Å². The van der Waals surface area contributed by atoms with Gasteiger partial charge in [-0.25, -0.2) is 0 Å². The van der Waals surface area contributed by atoms with Crippen LogP contribution in [0.5, 0.6) is 0 Å². The maximum absolute atomic E-state index is 3.86. The third-order valence-corrected chi connectivity index (χ3v) is 1.53. The van der Waals surface area contributed by atoms with E-state index in [2.05, 4.69) is 31.1 Å². The third-order valence-electron chi connectivity index (χ3n) is 1.53. The third kappa shape index (κ3) is 6.05. The van der Waals surface area contributed by atoms with Gasteiger partial charge in [0.15, 0.2) is 0 Å². The highest BCUT2D eigenvalue weighted by atomic mass is 15.1. The minimum absolute atomic E-state index is 1.05. The first kappa shape index (κ1) is 9.92. The molecule has 0 rings (SSSR count). The summed E-state index contributed by atoms with van der Waals surface area (Å²) >= 11 is 0. The van der Waals surface area contributed by atoms with Gasteiger partial charge in [0.25, 0.3) is 0 Å². The minimum atomic E-state index is 1.05. The normalized spacial score (nSPS) is 10.8. The van der Waals surface area contributed by atoms with Crippen LogP contribution in [0.2, 0.25) is 0 Å². The van der Waals surface area contributed by atoms with Crippen molar-refractivity contribution >= 4 is 0 Å². The highest BCUT2D eigenvalue weighted by Crippen LogP contribution is 1.85. The molecule has 0 fully saturated rings. The van der Waals surface area contributed by atoms with Crippen LogP contribution in [-0.4, -0.2) is 31.1 Å². The van der Waals surface area contributed by atoms with Crippen molar-refractivity contribution in [2.45, 2.75) is 20.3 Å². The Hall–Kier alpha value is -0.0800. The van der Waals surface area contributed by atoms with Crippen molar-refractivity contribution in [3.8, 4) is 0 Å². The Morgan fingerprint density at radius 2 is 2.10 bits per heavy atom. The Morgan fingerprint density at radius 3 is 2.60 bits per heavy atom. The predicted molar refractivity (Wildman–Crippen MR) is 45.8 cm³/mol. The van der Waals surface area contributed by atoms with Gasteiger partial charge >= 0.3 is 0 Å². The van der Waals surface area contributed by atoms with Gasteiger partial charge in [-0.1, -0.05) is 13.8 Å². The average molecular weight is 143 g/mol. The van der Waals surface area contributed by atoms with Gasteiger partial charge < -0.3 is 10.2 Å². The smallest absolute Gasteiger partial charge is 0.0109 e. The van der Waals surface area contributed by atoms with Crippen LogP contribution >= 0.6 is 0 Å². The van der Waals surface area contributed by atoms with Crippen molar-refractivity contribution in [3.63, 3.8) is 0 Å². The molecule has 61 valence electrons. The second-order valence-electron chi connectivity index (χ2n) is 2.42. The molecule has 0 amide bonds. The molecule has 10 heavy (non-hydrogen) atoms. The molecule has 0 heterocycles. The zero-order valence-electron chi connectivity index (χ0n) is 7.19. The van der Waals surface area contributed by atoms with Gasteiger partial charge in [-0.3, -0.25) is 0 Å². The lowest BCUT2D eigenvalue weighted by atomic mass is 10.4. The van der Waals surface area contributed by atoms with Gasteiger partial charge in [0.05, 0.1) is 0 Å². The molecule has 0 aliphatic heterocycles. The van der Waals surface area contributed by atoms with Gasteiger partial charge in [-0.05, 0) is 32.6 Å². The zero-order chi connectivity index (χ0) is 7.82. The molecule has 0 unspecified atom stereocenters. The second kappa shape index (κ2) is 7.03. The SMILES string of the molecule is [CH2]N(CC)CCCNCC. The molecule has 2 heteroatoms. The maximum Gasteiger partial charge on any atom is 0.0109 e. The summed E-state index contributed by atoms with van der Waals surface area (Å²) in [4.78, 5) is 2.08. The van der Waals surface area contributed by atoms with E-state index in [1.807, 2.05) is 0 Å². The first-order valence-corrected chi connectivity index (χ1v) is 4.07. The van der Waals surface area contributed by atoms with E-state index < -0.39 is 0 Å². The van der Waals surface area contributed by atoms with Crippen molar-refractivity contribution in [2.24, 2.45) is 0 Å². The molecule has 0 atom stereocenters. The van der Waals surface area contributed by atoms with Crippen molar-refractivity contribution in [1.29, 1.82) is 0 Å². The lowest BCUT2D eigenvalue weighted by molar-refractivity contribution is 0.379. The molecule has 0 aromatic heterocycles. The molecule has 0 bridgehead atoms. The van der Waals surface area contributed by atoms with E-state index in [0.717, 1.165) is 26.2 Å². The van der Waals surface area contributed by atoms with Crippen LogP contribution in [0.25, 0.3) is 0 Å². The van der Waals surface area contributed by atoms with Gasteiger partial charge in [-0.15, -0.1) is 0 Å². The Labute approximate surface area is 64.6 Å². The molecule has 0 saturated heterocycles. The van der Waals surface area contributed by atoms with E-state index in [0.29, 0.717) is 0 Å². The fraction of sp³-hybridized carbons (Fsp3) is 0.875. The lowest BCUT2D eigenvalue weighted by Gasteiger charge is -2.12. The van der Waals surface area contributed by atoms with Crippen molar-refractivity contribution in [1.82, 2.24) is 10.2 Å². The lowest BCUT2D eigenvalue weighted by Crippen LogP contribution is -2.22. The van der Waals surface area contributed by atoms with E-state index in [4.69, 9.17) is 0 Å². The van der Waals surface area contributed by atoms with E-state index >= 15 is 0 Å². The van der Waals surface area contributed by atoms with E-state index in [9.17, 15) is 0 Å². The molecular formula is C8H19N2. The highest BCUT2D eigenvalue weighted by Gasteiger charge is 1.91. The molecule has 0 saturated carbocycles. The molecule has 0 spiro atoms. The average Bonchev–Trinajstić information content (AvgIpc) is 1.98. The molecule has 0 aromatic rings. The number of nitrogens with one attached hydrogen (secondary N) is 1. The highest BCUT2D eigenvalue weighted by molar-refractivity contribution is 4.53. The Balaban J connectivity index is 2.89. The number of hydrogen-bond acceptors (Lipinski definition) is 2. The van der Waals surface area contributed by atoms with Crippen molar-refractivity contribution in [3.05, 3.63) is 7.05 Å². The number of hydrogen-bond donors (Lipinski definition) is 1. The topological polar surface area (TPSA) is 15.3 Å². The van der Waals surface area contributed by atoms with E-state index in [1.165, 1.54) is 6.42 Å². The molecule has 0 aliphatic carbocycles. The molecule has 1 N–H and O–H groups in total. The van der Waals surface area contributed by atoms with E-state index in [-0.39, 0.29) is 0 Å². The van der Waals surface area contributed by atoms with Gasteiger partial charge in [0.2, 0.25) is 0 Å². The number of nitrogens with zero attached hydrogens (tertiary/aromatic N) is 1. The van der Waals surface area contributed by atoms with Crippen LogP contribution in [0, 0.1) is 7.05 Å². The maximum atomic E-state index is 3.86. The summed E-state index contributed by atoms with van der Waals surface area (Å²) in [6.45, 7) is 8.59. The van der Waals surface area contributed by atoms with E-state index in [1.54, 1.807) is 0 Å². The predicted octanol–water partition coefficient (Wildman–Crippen LogP) is 1.10. The first-order valence-electron chi connectivity index (χ1n) is 4.07.